The number of benzene rings is 1. The molecule has 1 aliphatic rings. The lowest BCUT2D eigenvalue weighted by atomic mass is 10.0. The van der Waals surface area contributed by atoms with E-state index in [1.807, 2.05) is 17.5 Å². The maximum absolute atomic E-state index is 13.0. The molecule has 0 bridgehead atoms. The topological polar surface area (TPSA) is 29.1 Å². The minimum atomic E-state index is -0.262. The van der Waals surface area contributed by atoms with Crippen LogP contribution in [-0.4, -0.2) is 5.91 Å². The largest absolute Gasteiger partial charge is 0.344 e. The van der Waals surface area contributed by atoms with E-state index in [0.29, 0.717) is 0 Å². The lowest BCUT2D eigenvalue weighted by molar-refractivity contribution is -0.122. The van der Waals surface area contributed by atoms with Crippen LogP contribution in [0.2, 0.25) is 0 Å². The van der Waals surface area contributed by atoms with Crippen molar-refractivity contribution < 1.29 is 9.18 Å². The van der Waals surface area contributed by atoms with Crippen LogP contribution in [-0.2, 0) is 4.79 Å². The number of thiophene rings is 1. The molecule has 1 atom stereocenters. The number of halogens is 1. The van der Waals surface area contributed by atoms with Crippen molar-refractivity contribution in [1.29, 1.82) is 0 Å². The van der Waals surface area contributed by atoms with E-state index in [1.54, 1.807) is 23.5 Å². The number of amides is 1. The normalized spacial score (nSPS) is 16.1. The number of hydrogen-bond donors (Lipinski definition) is 1. The molecular formula is C15H14FNOS. The van der Waals surface area contributed by atoms with Gasteiger partial charge < -0.3 is 5.32 Å². The van der Waals surface area contributed by atoms with E-state index < -0.39 is 0 Å². The third-order valence-electron chi connectivity index (χ3n) is 3.27. The number of rotatable bonds is 4. The lowest BCUT2D eigenvalue weighted by Crippen LogP contribution is -2.29. The average Bonchev–Trinajstić information content (AvgIpc) is 3.13. The molecule has 1 aliphatic carbocycles. The first-order valence-electron chi connectivity index (χ1n) is 6.33. The molecule has 2 nitrogen and oxygen atoms in total. The number of carbonyl (C=O) groups excluding carboxylic acids is 1. The van der Waals surface area contributed by atoms with E-state index in [1.165, 1.54) is 12.1 Å². The molecule has 98 valence electrons. The van der Waals surface area contributed by atoms with Gasteiger partial charge in [0.05, 0.1) is 6.04 Å². The van der Waals surface area contributed by atoms with Crippen molar-refractivity contribution in [3.63, 3.8) is 0 Å². The van der Waals surface area contributed by atoms with Crippen molar-refractivity contribution in [2.24, 2.45) is 5.92 Å². The van der Waals surface area contributed by atoms with Crippen LogP contribution in [0.4, 0.5) is 4.39 Å². The summed E-state index contributed by atoms with van der Waals surface area (Å²) in [6.07, 6.45) is 1.96. The van der Waals surface area contributed by atoms with Crippen LogP contribution in [0.3, 0.4) is 0 Å². The third kappa shape index (κ3) is 2.84. The van der Waals surface area contributed by atoms with Gasteiger partial charge in [0.25, 0.3) is 0 Å². The van der Waals surface area contributed by atoms with Crippen molar-refractivity contribution in [3.05, 3.63) is 58.0 Å². The number of nitrogens with one attached hydrogen (secondary N) is 1. The Labute approximate surface area is 115 Å². The molecule has 1 heterocycles. The Hall–Kier alpha value is -1.68. The van der Waals surface area contributed by atoms with Crippen LogP contribution in [0.15, 0.2) is 41.8 Å². The number of carbonyl (C=O) groups is 1. The predicted molar refractivity (Wildman–Crippen MR) is 73.4 cm³/mol. The second-order valence-electron chi connectivity index (χ2n) is 4.78. The fourth-order valence-corrected chi connectivity index (χ4v) is 2.84. The van der Waals surface area contributed by atoms with Crippen molar-refractivity contribution in [3.8, 4) is 0 Å². The molecule has 19 heavy (non-hydrogen) atoms. The first kappa shape index (κ1) is 12.4. The third-order valence-corrected chi connectivity index (χ3v) is 4.20. The van der Waals surface area contributed by atoms with Gasteiger partial charge in [-0.15, -0.1) is 11.3 Å². The molecule has 0 saturated heterocycles. The van der Waals surface area contributed by atoms with Gasteiger partial charge in [0.1, 0.15) is 5.82 Å². The summed E-state index contributed by atoms with van der Waals surface area (Å²) in [5.41, 5.74) is 0.915. The summed E-state index contributed by atoms with van der Waals surface area (Å²) < 4.78 is 13.0. The zero-order chi connectivity index (χ0) is 13.2. The summed E-state index contributed by atoms with van der Waals surface area (Å²) in [6.45, 7) is 0. The molecule has 1 unspecified atom stereocenters. The van der Waals surface area contributed by atoms with Gasteiger partial charge in [0.15, 0.2) is 0 Å². The maximum atomic E-state index is 13.0. The molecule has 3 rings (SSSR count). The summed E-state index contributed by atoms with van der Waals surface area (Å²) in [6, 6.07) is 10.1. The Balaban J connectivity index is 1.87. The molecule has 1 amide bonds. The zero-order valence-corrected chi connectivity index (χ0v) is 11.1. The standard InChI is InChI=1S/C15H14FNOS/c16-12-7-5-10(6-8-12)14(13-2-1-9-19-13)17-15(18)11-3-4-11/h1-2,5-9,11,14H,3-4H2,(H,17,18). The molecule has 1 fully saturated rings. The van der Waals surface area contributed by atoms with E-state index >= 15 is 0 Å². The average molecular weight is 275 g/mol. The second kappa shape index (κ2) is 5.13. The monoisotopic (exact) mass is 275 g/mol. The fraction of sp³-hybridized carbons (Fsp3) is 0.267. The fourth-order valence-electron chi connectivity index (χ4n) is 2.04. The second-order valence-corrected chi connectivity index (χ2v) is 5.76. The molecule has 1 aromatic carbocycles. The van der Waals surface area contributed by atoms with Gasteiger partial charge in [-0.25, -0.2) is 4.39 Å². The maximum Gasteiger partial charge on any atom is 0.223 e. The minimum absolute atomic E-state index is 0.0997. The van der Waals surface area contributed by atoms with E-state index in [2.05, 4.69) is 5.32 Å². The van der Waals surface area contributed by atoms with Crippen molar-refractivity contribution in [1.82, 2.24) is 5.32 Å². The van der Waals surface area contributed by atoms with Gasteiger partial charge in [-0.1, -0.05) is 18.2 Å². The smallest absolute Gasteiger partial charge is 0.223 e. The molecular weight excluding hydrogens is 261 g/mol. The van der Waals surface area contributed by atoms with Crippen LogP contribution in [0.25, 0.3) is 0 Å². The van der Waals surface area contributed by atoms with Crippen molar-refractivity contribution in [2.45, 2.75) is 18.9 Å². The van der Waals surface area contributed by atoms with Crippen molar-refractivity contribution in [2.75, 3.05) is 0 Å². The van der Waals surface area contributed by atoms with Crippen LogP contribution < -0.4 is 5.32 Å². The Morgan fingerprint density at radius 3 is 2.58 bits per heavy atom. The Morgan fingerprint density at radius 1 is 1.26 bits per heavy atom. The summed E-state index contributed by atoms with van der Waals surface area (Å²) >= 11 is 1.60. The van der Waals surface area contributed by atoms with Gasteiger partial charge in [0, 0.05) is 10.8 Å². The summed E-state index contributed by atoms with van der Waals surface area (Å²) in [7, 11) is 0. The summed E-state index contributed by atoms with van der Waals surface area (Å²) in [4.78, 5) is 13.0. The summed E-state index contributed by atoms with van der Waals surface area (Å²) in [5, 5.41) is 5.05. The van der Waals surface area contributed by atoms with E-state index in [4.69, 9.17) is 0 Å². The van der Waals surface area contributed by atoms with Gasteiger partial charge in [-0.2, -0.15) is 0 Å². The Morgan fingerprint density at radius 2 is 2.00 bits per heavy atom. The SMILES string of the molecule is O=C(NC(c1ccc(F)cc1)c1cccs1)C1CC1. The molecule has 0 aliphatic heterocycles. The Bertz CT molecular complexity index is 560. The first-order chi connectivity index (χ1) is 9.24. The predicted octanol–water partition coefficient (Wildman–Crippen LogP) is 3.50. The molecule has 4 heteroatoms. The highest BCUT2D eigenvalue weighted by atomic mass is 32.1. The first-order valence-corrected chi connectivity index (χ1v) is 7.21. The van der Waals surface area contributed by atoms with Gasteiger partial charge in [0.2, 0.25) is 5.91 Å². The highest BCUT2D eigenvalue weighted by Crippen LogP contribution is 2.32. The van der Waals surface area contributed by atoms with Gasteiger partial charge in [-0.05, 0) is 42.0 Å². The van der Waals surface area contributed by atoms with Crippen LogP contribution >= 0.6 is 11.3 Å². The quantitative estimate of drug-likeness (QED) is 0.909. The molecule has 1 saturated carbocycles. The van der Waals surface area contributed by atoms with Crippen molar-refractivity contribution >= 4 is 17.2 Å². The lowest BCUT2D eigenvalue weighted by Gasteiger charge is -2.18. The highest BCUT2D eigenvalue weighted by molar-refractivity contribution is 7.10. The van der Waals surface area contributed by atoms with Crippen LogP contribution in [0.1, 0.15) is 29.3 Å². The molecule has 0 radical (unpaired) electrons. The van der Waals surface area contributed by atoms with Crippen LogP contribution in [0, 0.1) is 11.7 Å². The van der Waals surface area contributed by atoms with Gasteiger partial charge in [-0.3, -0.25) is 4.79 Å². The highest BCUT2D eigenvalue weighted by Gasteiger charge is 2.31. The molecule has 1 N–H and O–H groups in total. The van der Waals surface area contributed by atoms with E-state index in [9.17, 15) is 9.18 Å². The van der Waals surface area contributed by atoms with Crippen LogP contribution in [0.5, 0.6) is 0 Å². The minimum Gasteiger partial charge on any atom is -0.344 e. The summed E-state index contributed by atoms with van der Waals surface area (Å²) in [5.74, 6) is 0.00725. The van der Waals surface area contributed by atoms with E-state index in [0.717, 1.165) is 23.3 Å². The Kier molecular flexibility index (Phi) is 3.34. The number of hydrogen-bond acceptors (Lipinski definition) is 2. The molecule has 0 spiro atoms. The van der Waals surface area contributed by atoms with E-state index in [-0.39, 0.29) is 23.7 Å². The van der Waals surface area contributed by atoms with Gasteiger partial charge >= 0.3 is 0 Å². The molecule has 1 aromatic heterocycles. The molecule has 2 aromatic rings. The zero-order valence-electron chi connectivity index (χ0n) is 10.3.